The molecule has 29 heavy (non-hydrogen) atoms. The third-order valence-electron chi connectivity index (χ3n) is 4.19. The fraction of sp³-hybridized carbons (Fsp3) is 0.591. The highest BCUT2D eigenvalue weighted by molar-refractivity contribution is 9.28. The Bertz CT molecular complexity index is 685. The fourth-order valence-corrected chi connectivity index (χ4v) is 3.02. The third kappa shape index (κ3) is 9.98. The first kappa shape index (κ1) is 26.0. The number of nitrogens with zero attached hydrogens (tertiary/aromatic N) is 1. The first-order valence-electron chi connectivity index (χ1n) is 10.1. The van der Waals surface area contributed by atoms with Crippen molar-refractivity contribution in [3.05, 3.63) is 32.5 Å². The Balaban J connectivity index is 2.60. The Morgan fingerprint density at radius 3 is 2.31 bits per heavy atom. The highest BCUT2D eigenvalue weighted by atomic mass is 79.9. The van der Waals surface area contributed by atoms with Gasteiger partial charge in [-0.05, 0) is 102 Å². The summed E-state index contributed by atoms with van der Waals surface area (Å²) >= 11 is 6.54. The molecule has 0 N–H and O–H groups in total. The van der Waals surface area contributed by atoms with Crippen molar-refractivity contribution in [3.8, 4) is 11.5 Å². The molecule has 0 amide bonds. The number of benzene rings is 1. The Morgan fingerprint density at radius 1 is 1.03 bits per heavy atom. The van der Waals surface area contributed by atoms with Gasteiger partial charge in [0, 0.05) is 5.56 Å². The zero-order valence-corrected chi connectivity index (χ0v) is 21.0. The van der Waals surface area contributed by atoms with Crippen molar-refractivity contribution in [2.24, 2.45) is 5.16 Å². The molecule has 1 aromatic rings. The SMILES string of the molecule is CCc1cc(OCC=C(Br)Br)c(F)c(CC)c1OCCCCCCON=C(C)C. The van der Waals surface area contributed by atoms with Crippen LogP contribution in [0.4, 0.5) is 4.39 Å². The second-order valence-corrected chi connectivity index (χ2v) is 9.57. The number of oxime groups is 1. The molecule has 0 radical (unpaired) electrons. The molecule has 0 aliphatic rings. The Labute approximate surface area is 191 Å². The van der Waals surface area contributed by atoms with Crippen LogP contribution in [0.25, 0.3) is 0 Å². The van der Waals surface area contributed by atoms with Crippen molar-refractivity contribution in [3.63, 3.8) is 0 Å². The molecule has 0 aliphatic heterocycles. The summed E-state index contributed by atoms with van der Waals surface area (Å²) in [5, 5.41) is 3.92. The average Bonchev–Trinajstić information content (AvgIpc) is 2.67. The molecule has 1 aromatic carbocycles. The summed E-state index contributed by atoms with van der Waals surface area (Å²) in [5.41, 5.74) is 2.48. The minimum Gasteiger partial charge on any atom is -0.493 e. The molecule has 0 bridgehead atoms. The van der Waals surface area contributed by atoms with Crippen LogP contribution >= 0.6 is 31.9 Å². The summed E-state index contributed by atoms with van der Waals surface area (Å²) in [6.45, 7) is 9.29. The molecular formula is C22H32Br2FNO3. The normalized spacial score (nSPS) is 10.4. The quantitative estimate of drug-likeness (QED) is 0.142. The van der Waals surface area contributed by atoms with E-state index in [1.807, 2.05) is 27.7 Å². The van der Waals surface area contributed by atoms with Gasteiger partial charge < -0.3 is 14.3 Å². The summed E-state index contributed by atoms with van der Waals surface area (Å²) in [7, 11) is 0. The van der Waals surface area contributed by atoms with E-state index < -0.39 is 0 Å². The molecule has 164 valence electrons. The van der Waals surface area contributed by atoms with E-state index in [9.17, 15) is 4.39 Å². The van der Waals surface area contributed by atoms with Crippen molar-refractivity contribution >= 4 is 37.6 Å². The lowest BCUT2D eigenvalue weighted by molar-refractivity contribution is 0.139. The third-order valence-corrected chi connectivity index (χ3v) is 4.83. The predicted molar refractivity (Wildman–Crippen MR) is 125 cm³/mol. The van der Waals surface area contributed by atoms with E-state index in [2.05, 4.69) is 37.0 Å². The maximum absolute atomic E-state index is 14.9. The summed E-state index contributed by atoms with van der Waals surface area (Å²) in [6.07, 6.45) is 7.08. The van der Waals surface area contributed by atoms with E-state index in [4.69, 9.17) is 14.3 Å². The van der Waals surface area contributed by atoms with Crippen LogP contribution < -0.4 is 9.47 Å². The van der Waals surface area contributed by atoms with E-state index in [1.54, 1.807) is 12.1 Å². The summed E-state index contributed by atoms with van der Waals surface area (Å²) in [5.74, 6) is 0.615. The second kappa shape index (κ2) is 14.8. The van der Waals surface area contributed by atoms with Gasteiger partial charge in [-0.2, -0.15) is 0 Å². The minimum absolute atomic E-state index is 0.272. The van der Waals surface area contributed by atoms with Crippen LogP contribution in [0, 0.1) is 5.82 Å². The molecule has 0 saturated heterocycles. The average molecular weight is 537 g/mol. The Morgan fingerprint density at radius 2 is 1.72 bits per heavy atom. The lowest BCUT2D eigenvalue weighted by atomic mass is 10.0. The van der Waals surface area contributed by atoms with Crippen molar-refractivity contribution in [1.29, 1.82) is 0 Å². The van der Waals surface area contributed by atoms with Gasteiger partial charge in [-0.25, -0.2) is 4.39 Å². The lowest BCUT2D eigenvalue weighted by Gasteiger charge is -2.18. The zero-order chi connectivity index (χ0) is 21.6. The number of aryl methyl sites for hydroxylation is 1. The van der Waals surface area contributed by atoms with Gasteiger partial charge in [0.25, 0.3) is 0 Å². The van der Waals surface area contributed by atoms with Gasteiger partial charge >= 0.3 is 0 Å². The van der Waals surface area contributed by atoms with E-state index >= 15 is 0 Å². The maximum Gasteiger partial charge on any atom is 0.171 e. The summed E-state index contributed by atoms with van der Waals surface area (Å²) < 4.78 is 27.3. The minimum atomic E-state index is -0.331. The molecule has 7 heteroatoms. The summed E-state index contributed by atoms with van der Waals surface area (Å²) in [4.78, 5) is 5.19. The van der Waals surface area contributed by atoms with Crippen LogP contribution in [0.3, 0.4) is 0 Å². The van der Waals surface area contributed by atoms with Crippen LogP contribution in [0.2, 0.25) is 0 Å². The molecule has 0 fully saturated rings. The molecule has 0 spiro atoms. The fourth-order valence-electron chi connectivity index (χ4n) is 2.76. The smallest absolute Gasteiger partial charge is 0.171 e. The molecule has 1 rings (SSSR count). The highest BCUT2D eigenvalue weighted by Gasteiger charge is 2.18. The molecule has 0 atom stereocenters. The van der Waals surface area contributed by atoms with Crippen LogP contribution in [0.1, 0.15) is 64.5 Å². The number of hydrogen-bond acceptors (Lipinski definition) is 4. The van der Waals surface area contributed by atoms with Crippen molar-refractivity contribution < 1.29 is 18.7 Å². The monoisotopic (exact) mass is 535 g/mol. The standard InChI is InChI=1S/C22H32Br2FNO3/c1-5-17-15-19(27-14-11-20(23)24)21(25)18(6-2)22(17)28-12-9-7-8-10-13-29-26-16(3)4/h11,15H,5-10,12-14H2,1-4H3. The van der Waals surface area contributed by atoms with Crippen LogP contribution in [-0.2, 0) is 17.7 Å². The largest absolute Gasteiger partial charge is 0.493 e. The number of hydrogen-bond donors (Lipinski definition) is 0. The highest BCUT2D eigenvalue weighted by Crippen LogP contribution is 2.34. The van der Waals surface area contributed by atoms with Crippen molar-refractivity contribution in [1.82, 2.24) is 0 Å². The lowest BCUT2D eigenvalue weighted by Crippen LogP contribution is -2.07. The number of halogens is 3. The predicted octanol–water partition coefficient (Wildman–Crippen LogP) is 7.31. The topological polar surface area (TPSA) is 40.0 Å². The van der Waals surface area contributed by atoms with Crippen LogP contribution in [0.15, 0.2) is 20.7 Å². The zero-order valence-electron chi connectivity index (χ0n) is 17.8. The molecular weight excluding hydrogens is 505 g/mol. The van der Waals surface area contributed by atoms with Gasteiger partial charge in [-0.15, -0.1) is 0 Å². The molecule has 0 aliphatic carbocycles. The van der Waals surface area contributed by atoms with Crippen molar-refractivity contribution in [2.75, 3.05) is 19.8 Å². The van der Waals surface area contributed by atoms with Crippen LogP contribution in [-0.4, -0.2) is 25.5 Å². The van der Waals surface area contributed by atoms with Gasteiger partial charge in [0.05, 0.1) is 15.7 Å². The van der Waals surface area contributed by atoms with E-state index in [0.29, 0.717) is 30.9 Å². The van der Waals surface area contributed by atoms with Gasteiger partial charge in [-0.3, -0.25) is 0 Å². The van der Waals surface area contributed by atoms with E-state index in [1.165, 1.54) is 0 Å². The molecule has 0 unspecified atom stereocenters. The van der Waals surface area contributed by atoms with Gasteiger partial charge in [-0.1, -0.05) is 19.0 Å². The maximum atomic E-state index is 14.9. The molecule has 0 aromatic heterocycles. The first-order chi connectivity index (χ1) is 13.9. The number of rotatable bonds is 14. The van der Waals surface area contributed by atoms with Gasteiger partial charge in [0.2, 0.25) is 0 Å². The molecule has 0 saturated carbocycles. The number of unbranched alkanes of at least 4 members (excludes halogenated alkanes) is 3. The van der Waals surface area contributed by atoms with Crippen molar-refractivity contribution in [2.45, 2.75) is 66.2 Å². The van der Waals surface area contributed by atoms with E-state index in [0.717, 1.165) is 46.8 Å². The second-order valence-electron chi connectivity index (χ2n) is 6.80. The Kier molecular flexibility index (Phi) is 13.3. The van der Waals surface area contributed by atoms with Crippen LogP contribution in [0.5, 0.6) is 11.5 Å². The van der Waals surface area contributed by atoms with Gasteiger partial charge in [0.15, 0.2) is 11.6 Å². The molecule has 4 nitrogen and oxygen atoms in total. The van der Waals surface area contributed by atoms with E-state index in [-0.39, 0.29) is 18.2 Å². The molecule has 0 heterocycles. The first-order valence-corrected chi connectivity index (χ1v) is 11.7. The summed E-state index contributed by atoms with van der Waals surface area (Å²) in [6, 6.07) is 1.76. The number of ether oxygens (including phenoxy) is 2. The Hall–Kier alpha value is -1.08. The van der Waals surface area contributed by atoms with Gasteiger partial charge in [0.1, 0.15) is 19.0 Å².